The molecule has 3 heterocycles. The largest absolute Gasteiger partial charge is 0.457 e. The summed E-state index contributed by atoms with van der Waals surface area (Å²) in [6, 6.07) is 34.7. The molecule has 40 heavy (non-hydrogen) atoms. The Labute approximate surface area is 240 Å². The Bertz CT molecular complexity index is 1600. The van der Waals surface area contributed by atoms with Crippen LogP contribution in [0.25, 0.3) is 5.69 Å². The third-order valence-corrected chi connectivity index (χ3v) is 7.51. The molecule has 0 saturated carbocycles. The molecule has 1 aliphatic heterocycles. The van der Waals surface area contributed by atoms with E-state index in [1.165, 1.54) is 5.56 Å². The molecule has 0 aliphatic carbocycles. The van der Waals surface area contributed by atoms with Gasteiger partial charge in [0.15, 0.2) is 5.11 Å². The van der Waals surface area contributed by atoms with Gasteiger partial charge >= 0.3 is 0 Å². The minimum absolute atomic E-state index is 0.130. The average Bonchev–Trinajstić information content (AvgIpc) is 3.59. The van der Waals surface area contributed by atoms with Crippen molar-refractivity contribution in [2.75, 3.05) is 23.9 Å². The molecule has 0 amide bonds. The van der Waals surface area contributed by atoms with Crippen molar-refractivity contribution in [2.45, 2.75) is 19.0 Å². The zero-order valence-electron chi connectivity index (χ0n) is 22.7. The van der Waals surface area contributed by atoms with Crippen molar-refractivity contribution in [2.24, 2.45) is 0 Å². The van der Waals surface area contributed by atoms with Gasteiger partial charge in [0.05, 0.1) is 11.7 Å². The first kappa shape index (κ1) is 25.6. The first-order valence-electron chi connectivity index (χ1n) is 13.3. The van der Waals surface area contributed by atoms with Gasteiger partial charge in [0.25, 0.3) is 0 Å². The molecule has 200 valence electrons. The fraction of sp³-hybridized carbons (Fsp3) is 0.152. The third kappa shape index (κ3) is 5.03. The number of ether oxygens (including phenoxy) is 1. The van der Waals surface area contributed by atoms with E-state index in [1.54, 1.807) is 0 Å². The zero-order chi connectivity index (χ0) is 27.6. The molecular formula is C33H31N5OS. The van der Waals surface area contributed by atoms with Crippen molar-refractivity contribution in [3.05, 3.63) is 132 Å². The topological polar surface area (TPSA) is 45.6 Å². The van der Waals surface area contributed by atoms with Crippen molar-refractivity contribution < 1.29 is 4.74 Å². The number of benzene rings is 3. The Morgan fingerprint density at radius 1 is 0.800 bits per heavy atom. The average molecular weight is 546 g/mol. The minimum atomic E-state index is -0.133. The molecule has 0 bridgehead atoms. The minimum Gasteiger partial charge on any atom is -0.457 e. The van der Waals surface area contributed by atoms with E-state index in [0.29, 0.717) is 5.11 Å². The molecule has 1 fully saturated rings. The summed E-state index contributed by atoms with van der Waals surface area (Å²) in [5.41, 5.74) is 6.47. The molecule has 6 rings (SSSR count). The standard InChI is InChI=1S/C33H31N5OS/c1-23-9-17-27(18-10-23)39-28-19-15-26(16-20-28)38-32(31(35-33(38)40)29-7-4-5-21-34-29)30-8-6-22-37(30)25-13-11-24(12-14-25)36(2)3/h4-22,31-32H,1-3H3,(H,35,40). The van der Waals surface area contributed by atoms with Crippen molar-refractivity contribution in [3.63, 3.8) is 0 Å². The van der Waals surface area contributed by atoms with Gasteiger partial charge in [-0.2, -0.15) is 0 Å². The lowest BCUT2D eigenvalue weighted by Crippen LogP contribution is -2.30. The van der Waals surface area contributed by atoms with Crippen LogP contribution in [-0.2, 0) is 0 Å². The number of aryl methyl sites for hydroxylation is 1. The summed E-state index contributed by atoms with van der Waals surface area (Å²) in [5.74, 6) is 1.58. The summed E-state index contributed by atoms with van der Waals surface area (Å²) in [6.45, 7) is 2.06. The quantitative estimate of drug-likeness (QED) is 0.218. The number of nitrogens with one attached hydrogen (secondary N) is 1. The molecule has 1 aliphatic rings. The van der Waals surface area contributed by atoms with Gasteiger partial charge in [-0.3, -0.25) is 4.98 Å². The molecule has 5 aromatic rings. The summed E-state index contributed by atoms with van der Waals surface area (Å²) in [7, 11) is 4.10. The van der Waals surface area contributed by atoms with Gasteiger partial charge in [-0.05, 0) is 104 Å². The smallest absolute Gasteiger partial charge is 0.174 e. The monoisotopic (exact) mass is 545 g/mol. The molecule has 2 aromatic heterocycles. The molecule has 2 atom stereocenters. The second-order valence-electron chi connectivity index (χ2n) is 10.1. The number of hydrogen-bond acceptors (Lipinski definition) is 4. The fourth-order valence-corrected chi connectivity index (χ4v) is 5.48. The number of pyridine rings is 1. The maximum atomic E-state index is 6.09. The van der Waals surface area contributed by atoms with Gasteiger partial charge in [-0.15, -0.1) is 0 Å². The van der Waals surface area contributed by atoms with Crippen molar-refractivity contribution >= 4 is 28.7 Å². The van der Waals surface area contributed by atoms with Gasteiger partial charge in [0.1, 0.15) is 17.5 Å². The summed E-state index contributed by atoms with van der Waals surface area (Å²) >= 11 is 5.95. The normalized spacial score (nSPS) is 16.6. The van der Waals surface area contributed by atoms with E-state index in [0.717, 1.165) is 39.9 Å². The van der Waals surface area contributed by atoms with Crippen LogP contribution in [0.4, 0.5) is 11.4 Å². The first-order chi connectivity index (χ1) is 19.5. The van der Waals surface area contributed by atoms with Crippen LogP contribution in [0, 0.1) is 6.92 Å². The molecule has 0 spiro atoms. The summed E-state index contributed by atoms with van der Waals surface area (Å²) in [4.78, 5) is 8.99. The van der Waals surface area contributed by atoms with Crippen LogP contribution in [0.2, 0.25) is 0 Å². The summed E-state index contributed by atoms with van der Waals surface area (Å²) < 4.78 is 8.32. The number of nitrogens with zero attached hydrogens (tertiary/aromatic N) is 4. The van der Waals surface area contributed by atoms with Gasteiger partial charge in [0.2, 0.25) is 0 Å². The Morgan fingerprint density at radius 3 is 2.12 bits per heavy atom. The van der Waals surface area contributed by atoms with Gasteiger partial charge in [-0.25, -0.2) is 0 Å². The highest BCUT2D eigenvalue weighted by Crippen LogP contribution is 2.42. The van der Waals surface area contributed by atoms with Crippen LogP contribution in [0.3, 0.4) is 0 Å². The highest BCUT2D eigenvalue weighted by molar-refractivity contribution is 7.80. The van der Waals surface area contributed by atoms with Crippen LogP contribution in [0.5, 0.6) is 11.5 Å². The molecule has 0 radical (unpaired) electrons. The number of anilines is 2. The maximum absolute atomic E-state index is 6.09. The van der Waals surface area contributed by atoms with E-state index in [9.17, 15) is 0 Å². The fourth-order valence-electron chi connectivity index (χ4n) is 5.13. The highest BCUT2D eigenvalue weighted by atomic mass is 32.1. The Balaban J connectivity index is 1.37. The SMILES string of the molecule is Cc1ccc(Oc2ccc(N3C(=S)NC(c4ccccn4)C3c3cccn3-c3ccc(N(C)C)cc3)cc2)cc1. The predicted octanol–water partition coefficient (Wildman–Crippen LogP) is 7.22. The number of thiocarbonyl (C=S) groups is 1. The Morgan fingerprint density at radius 2 is 1.48 bits per heavy atom. The second kappa shape index (κ2) is 10.9. The number of rotatable bonds is 7. The van der Waals surface area contributed by atoms with E-state index >= 15 is 0 Å². The van der Waals surface area contributed by atoms with Crippen molar-refractivity contribution in [3.8, 4) is 17.2 Å². The molecule has 2 unspecified atom stereocenters. The van der Waals surface area contributed by atoms with Gasteiger partial charge in [0, 0.05) is 49.2 Å². The van der Waals surface area contributed by atoms with E-state index < -0.39 is 0 Å². The number of hydrogen-bond donors (Lipinski definition) is 1. The van der Waals surface area contributed by atoms with Crippen LogP contribution in [0.15, 0.2) is 116 Å². The Kier molecular flexibility index (Phi) is 6.97. The third-order valence-electron chi connectivity index (χ3n) is 7.20. The zero-order valence-corrected chi connectivity index (χ0v) is 23.5. The van der Waals surface area contributed by atoms with E-state index in [1.807, 2.05) is 68.8 Å². The van der Waals surface area contributed by atoms with Crippen molar-refractivity contribution in [1.29, 1.82) is 0 Å². The molecular weight excluding hydrogens is 514 g/mol. The highest BCUT2D eigenvalue weighted by Gasteiger charge is 2.42. The Hall–Kier alpha value is -4.62. The summed E-state index contributed by atoms with van der Waals surface area (Å²) in [6.07, 6.45) is 3.93. The van der Waals surface area contributed by atoms with E-state index in [2.05, 4.69) is 87.4 Å². The molecule has 1 N–H and O–H groups in total. The first-order valence-corrected chi connectivity index (χ1v) is 13.7. The van der Waals surface area contributed by atoms with Crippen LogP contribution in [-0.4, -0.2) is 28.8 Å². The predicted molar refractivity (Wildman–Crippen MR) is 166 cm³/mol. The number of aromatic nitrogens is 2. The summed E-state index contributed by atoms with van der Waals surface area (Å²) in [5, 5.41) is 4.22. The van der Waals surface area contributed by atoms with Gasteiger partial charge in [-0.1, -0.05) is 23.8 Å². The molecule has 3 aromatic carbocycles. The lowest BCUT2D eigenvalue weighted by molar-refractivity contribution is 0.482. The lowest BCUT2D eigenvalue weighted by Gasteiger charge is -2.29. The van der Waals surface area contributed by atoms with Gasteiger partial charge < -0.3 is 24.4 Å². The maximum Gasteiger partial charge on any atom is 0.174 e. The van der Waals surface area contributed by atoms with E-state index in [4.69, 9.17) is 21.9 Å². The van der Waals surface area contributed by atoms with E-state index in [-0.39, 0.29) is 12.1 Å². The lowest BCUT2D eigenvalue weighted by atomic mass is 10.0. The van der Waals surface area contributed by atoms with Crippen LogP contribution < -0.4 is 19.9 Å². The van der Waals surface area contributed by atoms with Crippen molar-refractivity contribution in [1.82, 2.24) is 14.9 Å². The molecule has 6 nitrogen and oxygen atoms in total. The van der Waals surface area contributed by atoms with Crippen LogP contribution in [0.1, 0.15) is 29.0 Å². The molecule has 7 heteroatoms. The second-order valence-corrected chi connectivity index (χ2v) is 10.5. The van der Waals surface area contributed by atoms with Crippen LogP contribution >= 0.6 is 12.2 Å². The molecule has 1 saturated heterocycles.